The number of pyridine rings is 1. The van der Waals surface area contributed by atoms with Crippen LogP contribution in [0.4, 0.5) is 0 Å². The van der Waals surface area contributed by atoms with Crippen LogP contribution in [0.25, 0.3) is 22.2 Å². The summed E-state index contributed by atoms with van der Waals surface area (Å²) in [4.78, 5) is 16.3. The molecule has 0 aliphatic rings. The number of carboxylic acid groups (broad SMARTS) is 1. The lowest BCUT2D eigenvalue weighted by Crippen LogP contribution is -2.01. The van der Waals surface area contributed by atoms with E-state index in [0.29, 0.717) is 16.6 Å². The van der Waals surface area contributed by atoms with E-state index in [0.717, 1.165) is 29.5 Å². The maximum atomic E-state index is 11.7. The van der Waals surface area contributed by atoms with Crippen molar-refractivity contribution in [1.82, 2.24) is 4.98 Å². The third kappa shape index (κ3) is 2.95. The highest BCUT2D eigenvalue weighted by Crippen LogP contribution is 2.26. The molecule has 0 atom stereocenters. The SMILES string of the molecule is CCc1ccc(-c2cc(C(=O)O)c3cc(CC)ccc3n2)cc1. The molecule has 2 aromatic carbocycles. The first-order valence-corrected chi connectivity index (χ1v) is 7.88. The molecule has 23 heavy (non-hydrogen) atoms. The van der Waals surface area contributed by atoms with Crippen molar-refractivity contribution >= 4 is 16.9 Å². The van der Waals surface area contributed by atoms with Crippen molar-refractivity contribution in [3.8, 4) is 11.3 Å². The molecule has 3 rings (SSSR count). The molecule has 3 aromatic rings. The van der Waals surface area contributed by atoms with Crippen molar-refractivity contribution < 1.29 is 9.90 Å². The summed E-state index contributed by atoms with van der Waals surface area (Å²) < 4.78 is 0. The molecule has 1 aromatic heterocycles. The molecule has 116 valence electrons. The molecule has 0 saturated heterocycles. The Labute approximate surface area is 135 Å². The van der Waals surface area contributed by atoms with Crippen molar-refractivity contribution in [2.45, 2.75) is 26.7 Å². The van der Waals surface area contributed by atoms with E-state index in [1.165, 1.54) is 5.56 Å². The van der Waals surface area contributed by atoms with Crippen molar-refractivity contribution in [2.24, 2.45) is 0 Å². The number of carbonyl (C=O) groups is 1. The molecule has 0 bridgehead atoms. The largest absolute Gasteiger partial charge is 0.478 e. The third-order valence-electron chi connectivity index (χ3n) is 4.17. The van der Waals surface area contributed by atoms with Crippen LogP contribution in [0.15, 0.2) is 48.5 Å². The Balaban J connectivity index is 2.20. The summed E-state index contributed by atoms with van der Waals surface area (Å²) in [5, 5.41) is 10.3. The van der Waals surface area contributed by atoms with Gasteiger partial charge in [-0.1, -0.05) is 44.2 Å². The van der Waals surface area contributed by atoms with Gasteiger partial charge < -0.3 is 5.11 Å². The predicted octanol–water partition coefficient (Wildman–Crippen LogP) is 4.72. The summed E-state index contributed by atoms with van der Waals surface area (Å²) in [6.45, 7) is 4.16. The fraction of sp³-hybridized carbons (Fsp3) is 0.200. The molecule has 0 unspecified atom stereocenters. The Morgan fingerprint density at radius 1 is 0.957 bits per heavy atom. The van der Waals surface area contributed by atoms with Gasteiger partial charge in [0.2, 0.25) is 0 Å². The van der Waals surface area contributed by atoms with Crippen LogP contribution < -0.4 is 0 Å². The predicted molar refractivity (Wildman–Crippen MR) is 92.9 cm³/mol. The highest BCUT2D eigenvalue weighted by Gasteiger charge is 2.13. The van der Waals surface area contributed by atoms with Gasteiger partial charge in [0.05, 0.1) is 16.8 Å². The molecule has 1 N–H and O–H groups in total. The molecule has 3 nitrogen and oxygen atoms in total. The van der Waals surface area contributed by atoms with Crippen molar-refractivity contribution in [3.05, 3.63) is 65.2 Å². The Bertz CT molecular complexity index is 867. The highest BCUT2D eigenvalue weighted by molar-refractivity contribution is 6.04. The van der Waals surface area contributed by atoms with E-state index in [2.05, 4.69) is 31.0 Å². The number of fused-ring (bicyclic) bond motifs is 1. The lowest BCUT2D eigenvalue weighted by atomic mass is 10.0. The fourth-order valence-electron chi connectivity index (χ4n) is 2.73. The van der Waals surface area contributed by atoms with Gasteiger partial charge in [-0.05, 0) is 42.2 Å². The van der Waals surface area contributed by atoms with Crippen molar-refractivity contribution in [1.29, 1.82) is 0 Å². The highest BCUT2D eigenvalue weighted by atomic mass is 16.4. The van der Waals surface area contributed by atoms with Crippen LogP contribution in [0.3, 0.4) is 0 Å². The first kappa shape index (κ1) is 15.2. The third-order valence-corrected chi connectivity index (χ3v) is 4.17. The molecule has 0 saturated carbocycles. The average Bonchev–Trinajstić information content (AvgIpc) is 2.60. The molecule has 0 radical (unpaired) electrons. The molecule has 0 aliphatic carbocycles. The van der Waals surface area contributed by atoms with Crippen LogP contribution in [0.5, 0.6) is 0 Å². The van der Waals surface area contributed by atoms with Gasteiger partial charge in [-0.2, -0.15) is 0 Å². The van der Waals surface area contributed by atoms with E-state index in [4.69, 9.17) is 0 Å². The summed E-state index contributed by atoms with van der Waals surface area (Å²) >= 11 is 0. The summed E-state index contributed by atoms with van der Waals surface area (Å²) in [5.74, 6) is -0.919. The summed E-state index contributed by atoms with van der Waals surface area (Å²) in [6.07, 6.45) is 1.85. The topological polar surface area (TPSA) is 50.2 Å². The number of benzene rings is 2. The second kappa shape index (κ2) is 6.21. The average molecular weight is 305 g/mol. The minimum absolute atomic E-state index is 0.305. The first-order chi connectivity index (χ1) is 11.1. The van der Waals surface area contributed by atoms with Crippen molar-refractivity contribution in [2.75, 3.05) is 0 Å². The zero-order chi connectivity index (χ0) is 16.4. The Morgan fingerprint density at radius 3 is 2.22 bits per heavy atom. The van der Waals surface area contributed by atoms with Gasteiger partial charge in [0.1, 0.15) is 0 Å². The number of aryl methyl sites for hydroxylation is 2. The zero-order valence-corrected chi connectivity index (χ0v) is 13.3. The minimum Gasteiger partial charge on any atom is -0.478 e. The van der Waals surface area contributed by atoms with E-state index in [1.807, 2.05) is 30.3 Å². The molecular weight excluding hydrogens is 286 g/mol. The smallest absolute Gasteiger partial charge is 0.336 e. The van der Waals surface area contributed by atoms with Crippen molar-refractivity contribution in [3.63, 3.8) is 0 Å². The van der Waals surface area contributed by atoms with Crippen LogP contribution in [-0.2, 0) is 12.8 Å². The number of aromatic nitrogens is 1. The van der Waals surface area contributed by atoms with Gasteiger partial charge in [0.25, 0.3) is 0 Å². The molecule has 3 heteroatoms. The maximum absolute atomic E-state index is 11.7. The van der Waals surface area contributed by atoms with E-state index in [9.17, 15) is 9.90 Å². The van der Waals surface area contributed by atoms with Crippen LogP contribution in [0, 0.1) is 0 Å². The molecule has 0 fully saturated rings. The zero-order valence-electron chi connectivity index (χ0n) is 13.3. The molecule has 0 spiro atoms. The molecular formula is C20H19NO2. The first-order valence-electron chi connectivity index (χ1n) is 7.88. The van der Waals surface area contributed by atoms with Gasteiger partial charge in [-0.3, -0.25) is 0 Å². The van der Waals surface area contributed by atoms with Gasteiger partial charge >= 0.3 is 5.97 Å². The number of hydrogen-bond acceptors (Lipinski definition) is 2. The number of rotatable bonds is 4. The summed E-state index contributed by atoms with van der Waals surface area (Å²) in [6, 6.07) is 15.6. The standard InChI is InChI=1S/C20H19NO2/c1-3-13-5-8-15(9-6-13)19-12-17(20(22)23)16-11-14(4-2)7-10-18(16)21-19/h5-12H,3-4H2,1-2H3,(H,22,23). The number of aromatic carboxylic acids is 1. The lowest BCUT2D eigenvalue weighted by Gasteiger charge is -2.09. The van der Waals surface area contributed by atoms with Crippen LogP contribution in [0.2, 0.25) is 0 Å². The Morgan fingerprint density at radius 2 is 1.61 bits per heavy atom. The van der Waals surface area contributed by atoms with Crippen LogP contribution in [0.1, 0.15) is 35.3 Å². The number of nitrogens with zero attached hydrogens (tertiary/aromatic N) is 1. The quantitative estimate of drug-likeness (QED) is 0.758. The Kier molecular flexibility index (Phi) is 4.11. The summed E-state index contributed by atoms with van der Waals surface area (Å²) in [5.41, 5.74) is 5.02. The minimum atomic E-state index is -0.919. The van der Waals surface area contributed by atoms with Gasteiger partial charge in [-0.25, -0.2) is 9.78 Å². The second-order valence-corrected chi connectivity index (χ2v) is 5.62. The number of carboxylic acids is 1. The summed E-state index contributed by atoms with van der Waals surface area (Å²) in [7, 11) is 0. The van der Waals surface area contributed by atoms with Crippen LogP contribution >= 0.6 is 0 Å². The monoisotopic (exact) mass is 305 g/mol. The van der Waals surface area contributed by atoms with E-state index >= 15 is 0 Å². The maximum Gasteiger partial charge on any atom is 0.336 e. The molecule has 0 aliphatic heterocycles. The second-order valence-electron chi connectivity index (χ2n) is 5.62. The fourth-order valence-corrected chi connectivity index (χ4v) is 2.73. The Hall–Kier alpha value is -2.68. The lowest BCUT2D eigenvalue weighted by molar-refractivity contribution is 0.0699. The molecule has 0 amide bonds. The number of hydrogen-bond donors (Lipinski definition) is 1. The van der Waals surface area contributed by atoms with Gasteiger partial charge in [0.15, 0.2) is 0 Å². The van der Waals surface area contributed by atoms with Gasteiger partial charge in [0, 0.05) is 10.9 Å². The normalized spacial score (nSPS) is 10.9. The van der Waals surface area contributed by atoms with E-state index in [1.54, 1.807) is 6.07 Å². The van der Waals surface area contributed by atoms with Crippen LogP contribution in [-0.4, -0.2) is 16.1 Å². The molecule has 1 heterocycles. The van der Waals surface area contributed by atoms with E-state index < -0.39 is 5.97 Å². The van der Waals surface area contributed by atoms with Gasteiger partial charge in [-0.15, -0.1) is 0 Å². The van der Waals surface area contributed by atoms with E-state index in [-0.39, 0.29) is 0 Å².